The molecule has 0 saturated carbocycles. The number of rotatable bonds is 8. The van der Waals surface area contributed by atoms with E-state index in [0.29, 0.717) is 12.8 Å². The van der Waals surface area contributed by atoms with Crippen LogP contribution in [0.25, 0.3) is 11.1 Å². The molecular weight excluding hydrogens is 528 g/mol. The minimum Gasteiger partial charge on any atom is -0.459 e. The molecule has 0 unspecified atom stereocenters. The standard InChI is InChI=1S/C35H40N2O5/c1-22(2)32(36-34(40)41-21-26-14-10-16-29-28-15-9-8-13-25(28)19-30(26)29)33(39)37(20-31(38)42-35(3,4)5)27-17-23-11-6-7-12-24(23)18-27/h6-16,22,27,32H,17-21H2,1-5H3,(H,36,40)/t32-/m0/s1. The number of carbonyl (C=O) groups excluding carboxylic acids is 3. The zero-order valence-electron chi connectivity index (χ0n) is 25.1. The first-order valence-electron chi connectivity index (χ1n) is 14.7. The maximum Gasteiger partial charge on any atom is 0.408 e. The van der Waals surface area contributed by atoms with Crippen LogP contribution in [0, 0.1) is 5.92 Å². The number of nitrogens with one attached hydrogen (secondary N) is 1. The molecule has 2 amide bonds. The summed E-state index contributed by atoms with van der Waals surface area (Å²) in [5.74, 6) is -1.03. The number of hydrogen-bond acceptors (Lipinski definition) is 5. The van der Waals surface area contributed by atoms with Crippen molar-refractivity contribution in [3.05, 3.63) is 94.5 Å². The second-order valence-corrected chi connectivity index (χ2v) is 12.6. The van der Waals surface area contributed by atoms with E-state index in [1.165, 1.54) is 11.1 Å². The highest BCUT2D eigenvalue weighted by atomic mass is 16.6. The molecule has 0 aromatic heterocycles. The van der Waals surface area contributed by atoms with Gasteiger partial charge in [-0.15, -0.1) is 0 Å². The van der Waals surface area contributed by atoms with Gasteiger partial charge in [0.2, 0.25) is 5.91 Å². The number of hydrogen-bond donors (Lipinski definition) is 1. The molecule has 0 heterocycles. The Morgan fingerprint density at radius 2 is 1.50 bits per heavy atom. The summed E-state index contributed by atoms with van der Waals surface area (Å²) in [7, 11) is 0. The maximum atomic E-state index is 14.1. The lowest BCUT2D eigenvalue weighted by molar-refractivity contribution is -0.160. The van der Waals surface area contributed by atoms with Crippen LogP contribution in [-0.4, -0.2) is 47.1 Å². The molecule has 0 fully saturated rings. The summed E-state index contributed by atoms with van der Waals surface area (Å²) in [6.45, 7) is 9.07. The third-order valence-electron chi connectivity index (χ3n) is 7.99. The molecule has 7 heteroatoms. The zero-order chi connectivity index (χ0) is 30.0. The molecule has 2 aliphatic rings. The van der Waals surface area contributed by atoms with E-state index in [-0.39, 0.29) is 31.0 Å². The SMILES string of the molecule is CC(C)[C@H](NC(=O)OCc1cccc2c1Cc1ccccc1-2)C(=O)N(CC(=O)OC(C)(C)C)C1Cc2ccccc2C1. The molecule has 2 aliphatic carbocycles. The van der Waals surface area contributed by atoms with Crippen LogP contribution in [0.4, 0.5) is 4.79 Å². The molecule has 0 aliphatic heterocycles. The van der Waals surface area contributed by atoms with Gasteiger partial charge in [0.1, 0.15) is 24.8 Å². The van der Waals surface area contributed by atoms with Crippen LogP contribution in [0.2, 0.25) is 0 Å². The van der Waals surface area contributed by atoms with Crippen LogP contribution in [-0.2, 0) is 44.9 Å². The van der Waals surface area contributed by atoms with Gasteiger partial charge >= 0.3 is 12.1 Å². The van der Waals surface area contributed by atoms with Crippen molar-refractivity contribution in [2.45, 2.75) is 78.2 Å². The number of fused-ring (bicyclic) bond motifs is 4. The predicted molar refractivity (Wildman–Crippen MR) is 162 cm³/mol. The topological polar surface area (TPSA) is 84.9 Å². The number of nitrogens with zero attached hydrogens (tertiary/aromatic N) is 1. The maximum absolute atomic E-state index is 14.1. The molecule has 5 rings (SSSR count). The van der Waals surface area contributed by atoms with E-state index in [1.807, 2.05) is 50.2 Å². The normalized spacial score (nSPS) is 14.5. The fourth-order valence-corrected chi connectivity index (χ4v) is 6.02. The molecule has 3 aromatic carbocycles. The molecule has 1 atom stereocenters. The fourth-order valence-electron chi connectivity index (χ4n) is 6.02. The molecule has 7 nitrogen and oxygen atoms in total. The van der Waals surface area contributed by atoms with Crippen molar-refractivity contribution < 1.29 is 23.9 Å². The summed E-state index contributed by atoms with van der Waals surface area (Å²) >= 11 is 0. The molecule has 0 radical (unpaired) electrons. The van der Waals surface area contributed by atoms with E-state index in [0.717, 1.165) is 34.2 Å². The zero-order valence-corrected chi connectivity index (χ0v) is 25.1. The summed E-state index contributed by atoms with van der Waals surface area (Å²) in [6.07, 6.45) is 1.41. The number of benzene rings is 3. The number of amides is 2. The van der Waals surface area contributed by atoms with Crippen molar-refractivity contribution in [3.63, 3.8) is 0 Å². The Kier molecular flexibility index (Phi) is 8.39. The van der Waals surface area contributed by atoms with Crippen molar-refractivity contribution in [2.24, 2.45) is 5.92 Å². The van der Waals surface area contributed by atoms with Gasteiger partial charge in [0.25, 0.3) is 0 Å². The largest absolute Gasteiger partial charge is 0.459 e. The van der Waals surface area contributed by atoms with Crippen LogP contribution < -0.4 is 5.32 Å². The van der Waals surface area contributed by atoms with Crippen molar-refractivity contribution in [2.75, 3.05) is 6.54 Å². The Balaban J connectivity index is 1.29. The molecule has 0 spiro atoms. The summed E-state index contributed by atoms with van der Waals surface area (Å²) in [5, 5.41) is 2.81. The first kappa shape index (κ1) is 29.4. The molecule has 3 aromatic rings. The lowest BCUT2D eigenvalue weighted by Gasteiger charge is -2.34. The predicted octanol–water partition coefficient (Wildman–Crippen LogP) is 5.85. The second kappa shape index (κ2) is 12.0. The second-order valence-electron chi connectivity index (χ2n) is 12.6. The Labute approximate surface area is 248 Å². The van der Waals surface area contributed by atoms with Crippen molar-refractivity contribution in [1.82, 2.24) is 10.2 Å². The molecular formula is C35H40N2O5. The van der Waals surface area contributed by atoms with Crippen LogP contribution in [0.5, 0.6) is 0 Å². The Bertz CT molecular complexity index is 1460. The summed E-state index contributed by atoms with van der Waals surface area (Å²) in [6, 6.07) is 21.4. The highest BCUT2D eigenvalue weighted by Gasteiger charge is 2.37. The van der Waals surface area contributed by atoms with Crippen LogP contribution in [0.3, 0.4) is 0 Å². The minimum absolute atomic E-state index is 0.0988. The first-order valence-corrected chi connectivity index (χ1v) is 14.7. The Morgan fingerprint density at radius 1 is 0.881 bits per heavy atom. The fraction of sp³-hybridized carbons (Fsp3) is 0.400. The van der Waals surface area contributed by atoms with Gasteiger partial charge in [-0.25, -0.2) is 4.79 Å². The van der Waals surface area contributed by atoms with E-state index in [9.17, 15) is 14.4 Å². The lowest BCUT2D eigenvalue weighted by atomic mass is 10.0. The first-order chi connectivity index (χ1) is 20.0. The summed E-state index contributed by atoms with van der Waals surface area (Å²) < 4.78 is 11.3. The smallest absolute Gasteiger partial charge is 0.408 e. The van der Waals surface area contributed by atoms with E-state index in [4.69, 9.17) is 9.47 Å². The highest BCUT2D eigenvalue weighted by molar-refractivity contribution is 5.89. The number of carbonyl (C=O) groups is 3. The number of alkyl carbamates (subject to hydrolysis) is 1. The quantitative estimate of drug-likeness (QED) is 0.270. The van der Waals surface area contributed by atoms with Gasteiger partial charge in [-0.3, -0.25) is 9.59 Å². The van der Waals surface area contributed by atoms with Crippen LogP contribution >= 0.6 is 0 Å². The van der Waals surface area contributed by atoms with Crippen molar-refractivity contribution in [1.29, 1.82) is 0 Å². The van der Waals surface area contributed by atoms with Gasteiger partial charge in [0.05, 0.1) is 0 Å². The highest BCUT2D eigenvalue weighted by Crippen LogP contribution is 2.38. The van der Waals surface area contributed by atoms with Crippen LogP contribution in [0.15, 0.2) is 66.7 Å². The summed E-state index contributed by atoms with van der Waals surface area (Å²) in [4.78, 5) is 41.7. The van der Waals surface area contributed by atoms with E-state index in [2.05, 4.69) is 35.6 Å². The lowest BCUT2D eigenvalue weighted by Crippen LogP contribution is -2.56. The van der Waals surface area contributed by atoms with Crippen molar-refractivity contribution >= 4 is 18.0 Å². The van der Waals surface area contributed by atoms with Gasteiger partial charge in [0.15, 0.2) is 0 Å². The Hall–Kier alpha value is -4.13. The third-order valence-corrected chi connectivity index (χ3v) is 7.99. The van der Waals surface area contributed by atoms with Crippen molar-refractivity contribution in [3.8, 4) is 11.1 Å². The molecule has 42 heavy (non-hydrogen) atoms. The summed E-state index contributed by atoms with van der Waals surface area (Å²) in [5.41, 5.74) is 7.39. The number of ether oxygens (including phenoxy) is 2. The van der Waals surface area contributed by atoms with E-state index >= 15 is 0 Å². The molecule has 1 N–H and O–H groups in total. The monoisotopic (exact) mass is 568 g/mol. The van der Waals surface area contributed by atoms with Gasteiger partial charge in [-0.05, 0) is 84.9 Å². The van der Waals surface area contributed by atoms with Gasteiger partial charge in [-0.2, -0.15) is 0 Å². The molecule has 0 saturated heterocycles. The minimum atomic E-state index is -0.866. The van der Waals surface area contributed by atoms with Gasteiger partial charge in [-0.1, -0.05) is 80.6 Å². The average Bonchev–Trinajstić information content (AvgIpc) is 3.54. The number of esters is 1. The Morgan fingerprint density at radius 3 is 2.14 bits per heavy atom. The van der Waals surface area contributed by atoms with Gasteiger partial charge < -0.3 is 19.7 Å². The molecule has 0 bridgehead atoms. The van der Waals surface area contributed by atoms with Gasteiger partial charge in [0, 0.05) is 6.04 Å². The van der Waals surface area contributed by atoms with E-state index < -0.39 is 23.7 Å². The van der Waals surface area contributed by atoms with Crippen LogP contribution in [0.1, 0.15) is 62.4 Å². The average molecular weight is 569 g/mol. The molecule has 220 valence electrons. The van der Waals surface area contributed by atoms with E-state index in [1.54, 1.807) is 25.7 Å². The third kappa shape index (κ3) is 6.51.